The lowest BCUT2D eigenvalue weighted by Crippen LogP contribution is -2.13. The number of anilines is 1. The van der Waals surface area contributed by atoms with Crippen molar-refractivity contribution >= 4 is 45.2 Å². The van der Waals surface area contributed by atoms with Gasteiger partial charge in [0.05, 0.1) is 33.9 Å². The number of nitrogens with zero attached hydrogens (tertiary/aromatic N) is 2. The predicted molar refractivity (Wildman–Crippen MR) is 130 cm³/mol. The van der Waals surface area contributed by atoms with Gasteiger partial charge in [-0.25, -0.2) is 0 Å². The first-order chi connectivity index (χ1) is 16.0. The van der Waals surface area contributed by atoms with E-state index < -0.39 is 5.91 Å². The van der Waals surface area contributed by atoms with E-state index in [1.807, 2.05) is 18.2 Å². The van der Waals surface area contributed by atoms with Gasteiger partial charge >= 0.3 is 0 Å². The Bertz CT molecular complexity index is 1310. The zero-order chi connectivity index (χ0) is 23.8. The van der Waals surface area contributed by atoms with Crippen LogP contribution in [0.2, 0.25) is 5.02 Å². The van der Waals surface area contributed by atoms with Gasteiger partial charge in [0.2, 0.25) is 0 Å². The maximum Gasteiger partial charge on any atom is 0.266 e. The molecule has 0 saturated heterocycles. The molecule has 6 nitrogen and oxygen atoms in total. The van der Waals surface area contributed by atoms with Crippen LogP contribution in [0.4, 0.5) is 5.69 Å². The molecule has 0 fully saturated rings. The second-order valence-corrected chi connectivity index (χ2v) is 7.96. The molecule has 3 aromatic rings. The number of benzene rings is 3. The van der Waals surface area contributed by atoms with Crippen LogP contribution < -0.4 is 14.8 Å². The molecule has 1 N–H and O–H groups in total. The first kappa shape index (κ1) is 23.9. The third kappa shape index (κ3) is 5.93. The number of methoxy groups -OCH3 is 1. The molecule has 1 amide bonds. The molecular formula is C25H17BrClN3O3. The summed E-state index contributed by atoms with van der Waals surface area (Å²) in [5, 5.41) is 21.8. The smallest absolute Gasteiger partial charge is 0.266 e. The van der Waals surface area contributed by atoms with Crippen LogP contribution in [0, 0.1) is 22.7 Å². The molecule has 0 aliphatic carbocycles. The van der Waals surface area contributed by atoms with Gasteiger partial charge in [-0.3, -0.25) is 4.79 Å². The van der Waals surface area contributed by atoms with Gasteiger partial charge in [0.25, 0.3) is 5.91 Å². The fourth-order valence-corrected chi connectivity index (χ4v) is 3.69. The summed E-state index contributed by atoms with van der Waals surface area (Å²) in [5.74, 6) is 0.240. The van der Waals surface area contributed by atoms with Crippen molar-refractivity contribution in [2.75, 3.05) is 12.4 Å². The highest BCUT2D eigenvalue weighted by Gasteiger charge is 2.15. The standard InChI is InChI=1S/C25H17BrClN3O3/c1-32-23-12-16(10-19(14-29)25(31)30-22-9-5-4-8-21(22)27)11-20(26)24(23)33-15-18-7-3-2-6-17(18)13-28/h2-12H,15H2,1H3,(H,30,31)/b19-10+. The van der Waals surface area contributed by atoms with E-state index in [1.54, 1.807) is 48.5 Å². The van der Waals surface area contributed by atoms with Gasteiger partial charge in [-0.2, -0.15) is 10.5 Å². The number of carbonyl (C=O) groups excluding carboxylic acids is 1. The largest absolute Gasteiger partial charge is 0.493 e. The zero-order valence-electron chi connectivity index (χ0n) is 17.4. The molecule has 0 radical (unpaired) electrons. The van der Waals surface area contributed by atoms with Gasteiger partial charge in [0.15, 0.2) is 11.5 Å². The molecule has 33 heavy (non-hydrogen) atoms. The van der Waals surface area contributed by atoms with E-state index in [0.29, 0.717) is 37.8 Å². The number of rotatable bonds is 7. The normalized spacial score (nSPS) is 10.6. The maximum absolute atomic E-state index is 12.6. The third-order valence-corrected chi connectivity index (χ3v) is 5.48. The Hall–Kier alpha value is -3.78. The third-order valence-electron chi connectivity index (χ3n) is 4.56. The number of halogens is 2. The van der Waals surface area contributed by atoms with E-state index in [1.165, 1.54) is 13.2 Å². The first-order valence-electron chi connectivity index (χ1n) is 9.62. The van der Waals surface area contributed by atoms with Crippen LogP contribution in [-0.4, -0.2) is 13.0 Å². The van der Waals surface area contributed by atoms with Crippen molar-refractivity contribution in [1.29, 1.82) is 10.5 Å². The summed E-state index contributed by atoms with van der Waals surface area (Å²) < 4.78 is 11.9. The van der Waals surface area contributed by atoms with E-state index in [9.17, 15) is 15.3 Å². The quantitative estimate of drug-likeness (QED) is 0.298. The second kappa shape index (κ2) is 11.2. The van der Waals surface area contributed by atoms with Crippen LogP contribution in [0.15, 0.2) is 70.7 Å². The van der Waals surface area contributed by atoms with Gasteiger partial charge in [0, 0.05) is 5.56 Å². The molecule has 3 rings (SSSR count). The van der Waals surface area contributed by atoms with Crippen LogP contribution in [0.25, 0.3) is 6.08 Å². The van der Waals surface area contributed by atoms with E-state index in [-0.39, 0.29) is 12.2 Å². The minimum absolute atomic E-state index is 0.111. The van der Waals surface area contributed by atoms with Crippen molar-refractivity contribution in [3.8, 4) is 23.6 Å². The number of amides is 1. The molecule has 0 saturated carbocycles. The Labute approximate surface area is 204 Å². The summed E-state index contributed by atoms with van der Waals surface area (Å²) in [6, 6.07) is 21.3. The van der Waals surface area contributed by atoms with E-state index in [2.05, 4.69) is 27.3 Å². The second-order valence-electron chi connectivity index (χ2n) is 6.70. The molecule has 0 aliphatic rings. The van der Waals surface area contributed by atoms with Gasteiger partial charge in [0.1, 0.15) is 18.2 Å². The Morgan fingerprint density at radius 3 is 2.58 bits per heavy atom. The zero-order valence-corrected chi connectivity index (χ0v) is 19.8. The fourth-order valence-electron chi connectivity index (χ4n) is 2.94. The minimum Gasteiger partial charge on any atom is -0.493 e. The molecule has 0 atom stereocenters. The monoisotopic (exact) mass is 521 g/mol. The Kier molecular flexibility index (Phi) is 8.10. The van der Waals surface area contributed by atoms with E-state index in [4.69, 9.17) is 21.1 Å². The molecule has 0 aliphatic heterocycles. The predicted octanol–water partition coefficient (Wildman–Crippen LogP) is 6.11. The lowest BCUT2D eigenvalue weighted by molar-refractivity contribution is -0.112. The number of nitrogens with one attached hydrogen (secondary N) is 1. The molecule has 3 aromatic carbocycles. The number of hydrogen-bond acceptors (Lipinski definition) is 5. The van der Waals surface area contributed by atoms with Crippen molar-refractivity contribution in [3.05, 3.63) is 92.4 Å². The number of hydrogen-bond donors (Lipinski definition) is 1. The van der Waals surface area contributed by atoms with Crippen LogP contribution in [0.3, 0.4) is 0 Å². The summed E-state index contributed by atoms with van der Waals surface area (Å²) in [6.45, 7) is 0.164. The lowest BCUT2D eigenvalue weighted by Gasteiger charge is -2.14. The molecule has 0 unspecified atom stereocenters. The van der Waals surface area contributed by atoms with Gasteiger partial charge in [-0.1, -0.05) is 41.9 Å². The molecular weight excluding hydrogens is 506 g/mol. The van der Waals surface area contributed by atoms with Crippen LogP contribution in [0.1, 0.15) is 16.7 Å². The van der Waals surface area contributed by atoms with Crippen molar-refractivity contribution in [2.24, 2.45) is 0 Å². The Morgan fingerprint density at radius 2 is 1.88 bits per heavy atom. The van der Waals surface area contributed by atoms with Crippen LogP contribution >= 0.6 is 27.5 Å². The van der Waals surface area contributed by atoms with Crippen LogP contribution in [0.5, 0.6) is 11.5 Å². The maximum atomic E-state index is 12.6. The fraction of sp³-hybridized carbons (Fsp3) is 0.0800. The Balaban J connectivity index is 1.85. The van der Waals surface area contributed by atoms with Crippen molar-refractivity contribution < 1.29 is 14.3 Å². The van der Waals surface area contributed by atoms with Crippen molar-refractivity contribution in [1.82, 2.24) is 0 Å². The summed E-state index contributed by atoms with van der Waals surface area (Å²) in [4.78, 5) is 12.6. The molecule has 0 spiro atoms. The highest BCUT2D eigenvalue weighted by atomic mass is 79.9. The lowest BCUT2D eigenvalue weighted by atomic mass is 10.1. The average Bonchev–Trinajstić information content (AvgIpc) is 2.83. The SMILES string of the molecule is COc1cc(/C=C(\C#N)C(=O)Nc2ccccc2Cl)cc(Br)c1OCc1ccccc1C#N. The molecule has 0 heterocycles. The van der Waals surface area contributed by atoms with Gasteiger partial charge in [-0.15, -0.1) is 0 Å². The van der Waals surface area contributed by atoms with Crippen LogP contribution in [-0.2, 0) is 11.4 Å². The minimum atomic E-state index is -0.589. The molecule has 0 bridgehead atoms. The van der Waals surface area contributed by atoms with Gasteiger partial charge in [-0.05, 0) is 57.9 Å². The van der Waals surface area contributed by atoms with E-state index in [0.717, 1.165) is 5.56 Å². The average molecular weight is 523 g/mol. The number of nitriles is 2. The summed E-state index contributed by atoms with van der Waals surface area (Å²) in [6.07, 6.45) is 1.44. The molecule has 8 heteroatoms. The topological polar surface area (TPSA) is 95.1 Å². The highest BCUT2D eigenvalue weighted by Crippen LogP contribution is 2.38. The molecule has 0 aromatic heterocycles. The summed E-state index contributed by atoms with van der Waals surface area (Å²) >= 11 is 9.54. The summed E-state index contributed by atoms with van der Waals surface area (Å²) in [5.41, 5.74) is 2.11. The summed E-state index contributed by atoms with van der Waals surface area (Å²) in [7, 11) is 1.49. The van der Waals surface area contributed by atoms with Crippen molar-refractivity contribution in [2.45, 2.75) is 6.61 Å². The van der Waals surface area contributed by atoms with Crippen molar-refractivity contribution in [3.63, 3.8) is 0 Å². The highest BCUT2D eigenvalue weighted by molar-refractivity contribution is 9.10. The molecule has 164 valence electrons. The number of para-hydroxylation sites is 1. The number of carbonyl (C=O) groups is 1. The van der Waals surface area contributed by atoms with E-state index >= 15 is 0 Å². The number of ether oxygens (including phenoxy) is 2. The first-order valence-corrected chi connectivity index (χ1v) is 10.8. The van der Waals surface area contributed by atoms with Gasteiger partial charge < -0.3 is 14.8 Å². The Morgan fingerprint density at radius 1 is 1.15 bits per heavy atom.